The molecule has 2 aromatic heterocycles. The van der Waals surface area contributed by atoms with Crippen molar-refractivity contribution in [3.05, 3.63) is 102 Å². The Kier molecular flexibility index (Phi) is 5.25. The van der Waals surface area contributed by atoms with Crippen molar-refractivity contribution in [1.29, 1.82) is 0 Å². The monoisotopic (exact) mass is 486 g/mol. The number of allylic oxidation sites excluding steroid dienone is 1. The molecule has 6 rings (SSSR count). The normalized spacial score (nSPS) is 17.6. The van der Waals surface area contributed by atoms with Crippen molar-refractivity contribution in [1.82, 2.24) is 14.5 Å². The summed E-state index contributed by atoms with van der Waals surface area (Å²) in [6.45, 7) is 1.51. The van der Waals surface area contributed by atoms with Crippen molar-refractivity contribution in [2.45, 2.75) is 18.9 Å². The molecule has 4 aromatic rings. The van der Waals surface area contributed by atoms with Crippen LogP contribution in [-0.2, 0) is 12.0 Å². The number of halogens is 2. The summed E-state index contributed by atoms with van der Waals surface area (Å²) in [6.07, 6.45) is 10.5. The van der Waals surface area contributed by atoms with Crippen LogP contribution in [0.2, 0.25) is 0 Å². The summed E-state index contributed by atoms with van der Waals surface area (Å²) in [5.74, 6) is -0.327. The van der Waals surface area contributed by atoms with Gasteiger partial charge in [-0.1, -0.05) is 6.07 Å². The van der Waals surface area contributed by atoms with Gasteiger partial charge in [-0.05, 0) is 61.0 Å². The number of imidazole rings is 1. The van der Waals surface area contributed by atoms with Gasteiger partial charge >= 0.3 is 0 Å². The van der Waals surface area contributed by atoms with Gasteiger partial charge in [0.25, 0.3) is 5.88 Å². The van der Waals surface area contributed by atoms with Gasteiger partial charge in [-0.2, -0.15) is 0 Å². The van der Waals surface area contributed by atoms with Crippen LogP contribution in [0.1, 0.15) is 16.8 Å². The lowest BCUT2D eigenvalue weighted by Crippen LogP contribution is -2.27. The zero-order chi connectivity index (χ0) is 24.7. The fraction of sp³-hybridized carbons (Fsp3) is 0.148. The molecule has 0 saturated heterocycles. The molecule has 7 nitrogen and oxygen atoms in total. The zero-order valence-electron chi connectivity index (χ0n) is 19.2. The van der Waals surface area contributed by atoms with E-state index in [1.54, 1.807) is 61.2 Å². The molecule has 0 bridgehead atoms. The Hall–Kier alpha value is -4.53. The third kappa shape index (κ3) is 3.78. The van der Waals surface area contributed by atoms with Gasteiger partial charge in [0.15, 0.2) is 23.1 Å². The fourth-order valence-corrected chi connectivity index (χ4v) is 4.31. The minimum absolute atomic E-state index is 0.0193. The Morgan fingerprint density at radius 1 is 1.06 bits per heavy atom. The fourth-order valence-electron chi connectivity index (χ4n) is 4.31. The average molecular weight is 486 g/mol. The lowest BCUT2D eigenvalue weighted by Gasteiger charge is -2.26. The highest BCUT2D eigenvalue weighted by Crippen LogP contribution is 2.40. The molecular formula is C27H20F2N4O3. The van der Waals surface area contributed by atoms with Crippen molar-refractivity contribution in [3.8, 4) is 28.8 Å². The van der Waals surface area contributed by atoms with Gasteiger partial charge in [0, 0.05) is 36.3 Å². The molecule has 4 heterocycles. The summed E-state index contributed by atoms with van der Waals surface area (Å²) in [5.41, 5.74) is 0.320. The third-order valence-electron chi connectivity index (χ3n) is 6.20. The second kappa shape index (κ2) is 8.60. The van der Waals surface area contributed by atoms with Crippen molar-refractivity contribution in [2.24, 2.45) is 4.99 Å². The van der Waals surface area contributed by atoms with Gasteiger partial charge in [-0.15, -0.1) is 0 Å². The van der Waals surface area contributed by atoms with E-state index in [1.807, 2.05) is 22.9 Å². The molecule has 2 aromatic carbocycles. The quantitative estimate of drug-likeness (QED) is 0.362. The molecule has 180 valence electrons. The lowest BCUT2D eigenvalue weighted by atomic mass is 9.87. The first-order valence-corrected chi connectivity index (χ1v) is 11.3. The molecule has 1 atom stereocenters. The average Bonchev–Trinajstić information content (AvgIpc) is 3.67. The number of fused-ring (bicyclic) bond motifs is 1. The van der Waals surface area contributed by atoms with Crippen LogP contribution in [-0.4, -0.2) is 27.5 Å². The highest BCUT2D eigenvalue weighted by atomic mass is 19.1. The molecule has 0 radical (unpaired) electrons. The Morgan fingerprint density at radius 2 is 1.89 bits per heavy atom. The molecule has 36 heavy (non-hydrogen) atoms. The Bertz CT molecular complexity index is 1490. The molecule has 1 unspecified atom stereocenters. The summed E-state index contributed by atoms with van der Waals surface area (Å²) < 4.78 is 49.0. The van der Waals surface area contributed by atoms with E-state index in [1.165, 1.54) is 6.92 Å². The van der Waals surface area contributed by atoms with Crippen LogP contribution >= 0.6 is 0 Å². The second-order valence-corrected chi connectivity index (χ2v) is 8.51. The number of nitrogens with zero attached hydrogens (tertiary/aromatic N) is 4. The zero-order valence-corrected chi connectivity index (χ0v) is 19.2. The highest BCUT2D eigenvalue weighted by molar-refractivity contribution is 5.76. The first kappa shape index (κ1) is 22.0. The maximum atomic E-state index is 15.5. The van der Waals surface area contributed by atoms with Crippen molar-refractivity contribution in [3.63, 3.8) is 0 Å². The molecule has 0 aliphatic carbocycles. The second-order valence-electron chi connectivity index (χ2n) is 8.51. The summed E-state index contributed by atoms with van der Waals surface area (Å²) in [7, 11) is 0. The van der Waals surface area contributed by atoms with Gasteiger partial charge in [0.05, 0.1) is 6.33 Å². The van der Waals surface area contributed by atoms with E-state index >= 15 is 8.78 Å². The minimum atomic E-state index is -1.17. The van der Waals surface area contributed by atoms with Crippen molar-refractivity contribution in [2.75, 3.05) is 6.79 Å². The SMILES string of the molecule is Cc1c(F)c(Oc2ccc(-n3ccnc3)cc2)nc(C2(Cc3ccc4c(c3)OCO4)C=CC=N2)c1F. The van der Waals surface area contributed by atoms with Crippen LogP contribution in [0.3, 0.4) is 0 Å². The first-order valence-electron chi connectivity index (χ1n) is 11.3. The van der Waals surface area contributed by atoms with E-state index in [2.05, 4.69) is 15.0 Å². The molecule has 0 spiro atoms. The number of benzene rings is 2. The number of rotatable bonds is 6. The number of hydrogen-bond acceptors (Lipinski definition) is 6. The summed E-state index contributed by atoms with van der Waals surface area (Å²) in [5, 5.41) is 0. The number of hydrogen-bond donors (Lipinski definition) is 0. The van der Waals surface area contributed by atoms with Crippen LogP contribution in [0.5, 0.6) is 23.1 Å². The lowest BCUT2D eigenvalue weighted by molar-refractivity contribution is 0.174. The van der Waals surface area contributed by atoms with Crippen molar-refractivity contribution < 1.29 is 23.0 Å². The molecular weight excluding hydrogens is 466 g/mol. The molecule has 2 aliphatic heterocycles. The van der Waals surface area contributed by atoms with E-state index in [-0.39, 0.29) is 30.4 Å². The van der Waals surface area contributed by atoms with Gasteiger partial charge < -0.3 is 18.8 Å². The first-order chi connectivity index (χ1) is 17.5. The third-order valence-corrected chi connectivity index (χ3v) is 6.20. The van der Waals surface area contributed by atoms with Crippen LogP contribution in [0.25, 0.3) is 5.69 Å². The maximum Gasteiger partial charge on any atom is 0.256 e. The minimum Gasteiger partial charge on any atom is -0.454 e. The standard InChI is InChI=1S/C27H20F2N4O3/c1-17-23(28)25(27(9-2-10-31-27)14-18-3-8-21-22(13-18)35-16-34-21)32-26(24(17)29)36-20-6-4-19(5-7-20)33-12-11-30-15-33/h2-13,15H,14,16H2,1H3. The summed E-state index contributed by atoms with van der Waals surface area (Å²) >= 11 is 0. The van der Waals surface area contributed by atoms with Crippen LogP contribution in [0.15, 0.2) is 78.3 Å². The molecule has 0 N–H and O–H groups in total. The van der Waals surface area contributed by atoms with E-state index in [0.29, 0.717) is 17.2 Å². The van der Waals surface area contributed by atoms with Crippen LogP contribution in [0.4, 0.5) is 8.78 Å². The number of ether oxygens (including phenoxy) is 3. The maximum absolute atomic E-state index is 15.5. The van der Waals surface area contributed by atoms with Crippen molar-refractivity contribution >= 4 is 6.21 Å². The topological polar surface area (TPSA) is 70.8 Å². The number of pyridine rings is 1. The molecule has 2 aliphatic rings. The summed E-state index contributed by atoms with van der Waals surface area (Å²) in [6, 6.07) is 12.5. The smallest absolute Gasteiger partial charge is 0.256 e. The number of aromatic nitrogens is 3. The molecule has 0 fully saturated rings. The van der Waals surface area contributed by atoms with E-state index in [9.17, 15) is 0 Å². The van der Waals surface area contributed by atoms with Crippen LogP contribution < -0.4 is 14.2 Å². The Balaban J connectivity index is 1.35. The van der Waals surface area contributed by atoms with Crippen LogP contribution in [0, 0.1) is 18.6 Å². The molecule has 0 saturated carbocycles. The van der Waals surface area contributed by atoms with Gasteiger partial charge in [0.2, 0.25) is 6.79 Å². The highest BCUT2D eigenvalue weighted by Gasteiger charge is 2.38. The number of aliphatic imine (C=N–C) groups is 1. The molecule has 0 amide bonds. The summed E-state index contributed by atoms with van der Waals surface area (Å²) in [4.78, 5) is 12.9. The van der Waals surface area contributed by atoms with E-state index < -0.39 is 17.2 Å². The van der Waals surface area contributed by atoms with Gasteiger partial charge in [0.1, 0.15) is 17.0 Å². The Morgan fingerprint density at radius 3 is 2.64 bits per heavy atom. The van der Waals surface area contributed by atoms with E-state index in [0.717, 1.165) is 11.3 Å². The van der Waals surface area contributed by atoms with Gasteiger partial charge in [-0.25, -0.2) is 18.7 Å². The van der Waals surface area contributed by atoms with E-state index in [4.69, 9.17) is 14.2 Å². The predicted octanol–water partition coefficient (Wildman–Crippen LogP) is 5.45. The van der Waals surface area contributed by atoms with Gasteiger partial charge in [-0.3, -0.25) is 4.99 Å². The largest absolute Gasteiger partial charge is 0.454 e. The molecule has 9 heteroatoms. The predicted molar refractivity (Wildman–Crippen MR) is 128 cm³/mol. The Labute approximate surface area is 205 Å².